The molecule has 0 atom stereocenters. The number of hydrogen-bond acceptors (Lipinski definition) is 2. The molecule has 2 rings (SSSR count). The number of hydrogen-bond donors (Lipinski definition) is 1. The summed E-state index contributed by atoms with van der Waals surface area (Å²) in [5, 5.41) is 0. The van der Waals surface area contributed by atoms with Crippen molar-refractivity contribution in [1.29, 1.82) is 0 Å². The van der Waals surface area contributed by atoms with Crippen LogP contribution in [0.25, 0.3) is 11.1 Å². The summed E-state index contributed by atoms with van der Waals surface area (Å²) in [4.78, 5) is 2.13. The van der Waals surface area contributed by atoms with Gasteiger partial charge in [-0.3, -0.25) is 0 Å². The molecule has 94 valence electrons. The van der Waals surface area contributed by atoms with Crippen LogP contribution < -0.4 is 10.6 Å². The fourth-order valence-corrected chi connectivity index (χ4v) is 2.19. The first-order valence-electron chi connectivity index (χ1n) is 6.13. The summed E-state index contributed by atoms with van der Waals surface area (Å²) < 4.78 is 0. The largest absolute Gasteiger partial charge is 0.399 e. The van der Waals surface area contributed by atoms with Crippen molar-refractivity contribution >= 4 is 11.4 Å². The highest BCUT2D eigenvalue weighted by Gasteiger charge is 2.04. The van der Waals surface area contributed by atoms with Gasteiger partial charge in [-0.25, -0.2) is 0 Å². The van der Waals surface area contributed by atoms with Crippen LogP contribution in [0.5, 0.6) is 0 Å². The lowest BCUT2D eigenvalue weighted by molar-refractivity contribution is 1.11. The van der Waals surface area contributed by atoms with Crippen LogP contribution in [0.1, 0.15) is 11.1 Å². The summed E-state index contributed by atoms with van der Waals surface area (Å²) in [5.74, 6) is 0. The van der Waals surface area contributed by atoms with Crippen LogP contribution in [-0.2, 0) is 0 Å². The molecule has 0 aromatic heterocycles. The predicted octanol–water partition coefficient (Wildman–Crippen LogP) is 3.62. The topological polar surface area (TPSA) is 29.3 Å². The van der Waals surface area contributed by atoms with Crippen molar-refractivity contribution in [2.75, 3.05) is 24.7 Å². The number of nitrogens with zero attached hydrogens (tertiary/aromatic N) is 1. The van der Waals surface area contributed by atoms with E-state index in [0.29, 0.717) is 0 Å². The van der Waals surface area contributed by atoms with E-state index < -0.39 is 0 Å². The van der Waals surface area contributed by atoms with Gasteiger partial charge in [0.15, 0.2) is 0 Å². The minimum absolute atomic E-state index is 0.848. The quantitative estimate of drug-likeness (QED) is 0.812. The average molecular weight is 240 g/mol. The Labute approximate surface area is 109 Å². The Balaban J connectivity index is 2.45. The molecule has 2 heteroatoms. The number of benzene rings is 2. The van der Waals surface area contributed by atoms with Gasteiger partial charge in [0, 0.05) is 25.5 Å². The smallest absolute Gasteiger partial charge is 0.0391 e. The van der Waals surface area contributed by atoms with E-state index in [0.717, 1.165) is 11.3 Å². The predicted molar refractivity (Wildman–Crippen MR) is 80.1 cm³/mol. The zero-order valence-electron chi connectivity index (χ0n) is 11.5. The van der Waals surface area contributed by atoms with Gasteiger partial charge < -0.3 is 10.6 Å². The normalized spacial score (nSPS) is 10.4. The molecule has 0 radical (unpaired) electrons. The minimum Gasteiger partial charge on any atom is -0.399 e. The number of rotatable bonds is 2. The zero-order valence-corrected chi connectivity index (χ0v) is 11.5. The van der Waals surface area contributed by atoms with Gasteiger partial charge in [-0.05, 0) is 60.4 Å². The molecule has 0 amide bonds. The van der Waals surface area contributed by atoms with Crippen molar-refractivity contribution < 1.29 is 0 Å². The summed E-state index contributed by atoms with van der Waals surface area (Å²) in [5.41, 5.74) is 12.8. The molecule has 2 N–H and O–H groups in total. The summed E-state index contributed by atoms with van der Waals surface area (Å²) in [6.45, 7) is 4.18. The van der Waals surface area contributed by atoms with Gasteiger partial charge in [0.1, 0.15) is 0 Å². The van der Waals surface area contributed by atoms with Crippen LogP contribution in [0, 0.1) is 13.8 Å². The van der Waals surface area contributed by atoms with Crippen LogP contribution in [0.4, 0.5) is 11.4 Å². The van der Waals surface area contributed by atoms with Gasteiger partial charge in [-0.2, -0.15) is 0 Å². The van der Waals surface area contributed by atoms with Crippen LogP contribution in [-0.4, -0.2) is 14.1 Å². The second kappa shape index (κ2) is 4.73. The molecule has 0 unspecified atom stereocenters. The van der Waals surface area contributed by atoms with E-state index in [1.807, 2.05) is 13.0 Å². The van der Waals surface area contributed by atoms with Crippen molar-refractivity contribution in [3.8, 4) is 11.1 Å². The van der Waals surface area contributed by atoms with Crippen LogP contribution in [0.3, 0.4) is 0 Å². The van der Waals surface area contributed by atoms with Crippen LogP contribution in [0.2, 0.25) is 0 Å². The van der Waals surface area contributed by atoms with Gasteiger partial charge in [0.05, 0.1) is 0 Å². The molecule has 0 saturated carbocycles. The Hall–Kier alpha value is -1.96. The Bertz CT molecular complexity index is 571. The first-order chi connectivity index (χ1) is 8.49. The number of nitrogens with two attached hydrogens (primary N) is 1. The van der Waals surface area contributed by atoms with E-state index in [9.17, 15) is 0 Å². The lowest BCUT2D eigenvalue weighted by Crippen LogP contribution is -2.09. The molecule has 2 aromatic carbocycles. The Morgan fingerprint density at radius 1 is 0.833 bits per heavy atom. The fourth-order valence-electron chi connectivity index (χ4n) is 2.19. The molecule has 0 aliphatic rings. The van der Waals surface area contributed by atoms with Crippen molar-refractivity contribution in [2.24, 2.45) is 0 Å². The van der Waals surface area contributed by atoms with E-state index in [-0.39, 0.29) is 0 Å². The lowest BCUT2D eigenvalue weighted by atomic mass is 10.00. The molecule has 2 nitrogen and oxygen atoms in total. The van der Waals surface area contributed by atoms with Gasteiger partial charge >= 0.3 is 0 Å². The molecular weight excluding hydrogens is 220 g/mol. The summed E-state index contributed by atoms with van der Waals surface area (Å²) >= 11 is 0. The minimum atomic E-state index is 0.848. The van der Waals surface area contributed by atoms with E-state index >= 15 is 0 Å². The second-order valence-corrected chi connectivity index (χ2v) is 4.97. The fraction of sp³-hybridized carbons (Fsp3) is 0.250. The molecule has 0 saturated heterocycles. The highest BCUT2D eigenvalue weighted by molar-refractivity contribution is 5.71. The second-order valence-electron chi connectivity index (χ2n) is 4.97. The summed E-state index contributed by atoms with van der Waals surface area (Å²) in [6, 6.07) is 12.7. The third-order valence-electron chi connectivity index (χ3n) is 3.28. The number of anilines is 2. The summed E-state index contributed by atoms with van der Waals surface area (Å²) in [7, 11) is 4.13. The molecule has 0 aliphatic heterocycles. The van der Waals surface area contributed by atoms with E-state index in [1.54, 1.807) is 0 Å². The SMILES string of the molecule is Cc1cc(-c2ccc(N(C)C)c(C)c2)ccc1N. The van der Waals surface area contributed by atoms with Gasteiger partial charge in [-0.15, -0.1) is 0 Å². The molecule has 0 spiro atoms. The van der Waals surface area contributed by atoms with Gasteiger partial charge in [0.25, 0.3) is 0 Å². The van der Waals surface area contributed by atoms with E-state index in [1.165, 1.54) is 22.4 Å². The third-order valence-corrected chi connectivity index (χ3v) is 3.28. The van der Waals surface area contributed by atoms with Crippen molar-refractivity contribution in [3.63, 3.8) is 0 Å². The highest BCUT2D eigenvalue weighted by atomic mass is 15.1. The monoisotopic (exact) mass is 240 g/mol. The molecular formula is C16H20N2. The molecule has 0 fully saturated rings. The average Bonchev–Trinajstić information content (AvgIpc) is 2.32. The van der Waals surface area contributed by atoms with Crippen molar-refractivity contribution in [1.82, 2.24) is 0 Å². The lowest BCUT2D eigenvalue weighted by Gasteiger charge is -2.16. The Morgan fingerprint density at radius 3 is 1.89 bits per heavy atom. The maximum absolute atomic E-state index is 5.85. The van der Waals surface area contributed by atoms with Crippen molar-refractivity contribution in [3.05, 3.63) is 47.5 Å². The maximum Gasteiger partial charge on any atom is 0.0391 e. The molecule has 0 bridgehead atoms. The number of aryl methyl sites for hydroxylation is 2. The van der Waals surface area contributed by atoms with Gasteiger partial charge in [0.2, 0.25) is 0 Å². The maximum atomic E-state index is 5.85. The molecule has 18 heavy (non-hydrogen) atoms. The van der Waals surface area contributed by atoms with E-state index in [2.05, 4.69) is 56.3 Å². The first kappa shape index (κ1) is 12.5. The molecule has 0 aliphatic carbocycles. The molecule has 0 heterocycles. The van der Waals surface area contributed by atoms with Crippen molar-refractivity contribution in [2.45, 2.75) is 13.8 Å². The Morgan fingerprint density at radius 2 is 1.39 bits per heavy atom. The van der Waals surface area contributed by atoms with E-state index in [4.69, 9.17) is 5.73 Å². The van der Waals surface area contributed by atoms with Crippen LogP contribution >= 0.6 is 0 Å². The summed E-state index contributed by atoms with van der Waals surface area (Å²) in [6.07, 6.45) is 0. The first-order valence-corrected chi connectivity index (χ1v) is 6.13. The third kappa shape index (κ3) is 2.33. The zero-order chi connectivity index (χ0) is 13.3. The van der Waals surface area contributed by atoms with Crippen LogP contribution in [0.15, 0.2) is 36.4 Å². The molecule has 2 aromatic rings. The number of nitrogen functional groups attached to an aromatic ring is 1. The van der Waals surface area contributed by atoms with Gasteiger partial charge in [-0.1, -0.05) is 12.1 Å². The highest BCUT2D eigenvalue weighted by Crippen LogP contribution is 2.27. The Kier molecular flexibility index (Phi) is 3.28. The standard InChI is InChI=1S/C16H20N2/c1-11-9-13(5-7-15(11)17)14-6-8-16(18(3)4)12(2)10-14/h5-10H,17H2,1-4H3.